The number of nitrogens with one attached hydrogen (secondary N) is 1. The number of anilines is 1. The lowest BCUT2D eigenvalue weighted by Gasteiger charge is -2.20. The molecule has 1 aromatic heterocycles. The molecule has 0 aliphatic carbocycles. The Morgan fingerprint density at radius 1 is 1.44 bits per heavy atom. The highest BCUT2D eigenvalue weighted by Crippen LogP contribution is 2.12. The minimum atomic E-state index is -0.409. The second kappa shape index (κ2) is 6.33. The number of aromatic nitrogens is 2. The summed E-state index contributed by atoms with van der Waals surface area (Å²) >= 11 is 0. The predicted octanol–water partition coefficient (Wildman–Crippen LogP) is 1.66. The molecule has 100 valence electrons. The lowest BCUT2D eigenvalue weighted by molar-refractivity contribution is -0.119. The first kappa shape index (κ1) is 14.4. The number of nitrogens with two attached hydrogens (primary N) is 1. The van der Waals surface area contributed by atoms with Crippen molar-refractivity contribution in [3.05, 3.63) is 17.6 Å². The molecule has 3 N–H and O–H groups in total. The zero-order chi connectivity index (χ0) is 13.7. The fourth-order valence-corrected chi connectivity index (χ4v) is 1.77. The molecule has 0 bridgehead atoms. The van der Waals surface area contributed by atoms with E-state index in [-0.39, 0.29) is 11.8 Å². The van der Waals surface area contributed by atoms with Gasteiger partial charge in [0.25, 0.3) is 0 Å². The zero-order valence-electron chi connectivity index (χ0n) is 11.5. The molecule has 0 spiro atoms. The third kappa shape index (κ3) is 3.98. The smallest absolute Gasteiger partial charge is 0.240 e. The molecule has 0 radical (unpaired) electrons. The number of primary amides is 1. The van der Waals surface area contributed by atoms with Gasteiger partial charge < -0.3 is 11.1 Å². The van der Waals surface area contributed by atoms with Crippen molar-refractivity contribution in [3.8, 4) is 0 Å². The number of hydrogen-bond donors (Lipinski definition) is 2. The number of carbonyl (C=O) groups excluding carboxylic acids is 1. The monoisotopic (exact) mass is 250 g/mol. The number of rotatable bonds is 6. The number of aryl methyl sites for hydroxylation is 2. The molecule has 5 nitrogen and oxygen atoms in total. The Balaban J connectivity index is 2.91. The van der Waals surface area contributed by atoms with Crippen LogP contribution in [-0.4, -0.2) is 21.9 Å². The van der Waals surface area contributed by atoms with Gasteiger partial charge in [-0.3, -0.25) is 4.79 Å². The number of hydrogen-bond acceptors (Lipinski definition) is 4. The molecule has 0 saturated heterocycles. The minimum absolute atomic E-state index is 0.118. The van der Waals surface area contributed by atoms with Crippen molar-refractivity contribution in [2.75, 3.05) is 5.32 Å². The summed E-state index contributed by atoms with van der Waals surface area (Å²) in [6.45, 7) is 7.90. The quantitative estimate of drug-likeness (QED) is 0.804. The third-order valence-corrected chi connectivity index (χ3v) is 2.65. The van der Waals surface area contributed by atoms with Crippen molar-refractivity contribution in [1.29, 1.82) is 0 Å². The molecule has 0 unspecified atom stereocenters. The van der Waals surface area contributed by atoms with Crippen LogP contribution in [0.2, 0.25) is 0 Å². The van der Waals surface area contributed by atoms with E-state index in [1.807, 2.05) is 26.8 Å². The Morgan fingerprint density at radius 2 is 2.11 bits per heavy atom. The Morgan fingerprint density at radius 3 is 2.61 bits per heavy atom. The highest BCUT2D eigenvalue weighted by molar-refractivity contribution is 5.82. The van der Waals surface area contributed by atoms with Crippen molar-refractivity contribution in [2.45, 2.75) is 46.6 Å². The molecule has 0 aliphatic heterocycles. The van der Waals surface area contributed by atoms with Crippen LogP contribution in [0, 0.1) is 12.8 Å². The summed E-state index contributed by atoms with van der Waals surface area (Å²) in [5.74, 6) is 1.22. The molecule has 0 saturated carbocycles. The van der Waals surface area contributed by atoms with Crippen LogP contribution in [0.5, 0.6) is 0 Å². The molecule has 18 heavy (non-hydrogen) atoms. The fraction of sp³-hybridized carbons (Fsp3) is 0.615. The maximum atomic E-state index is 11.4. The van der Waals surface area contributed by atoms with E-state index in [0.717, 1.165) is 24.4 Å². The van der Waals surface area contributed by atoms with E-state index < -0.39 is 6.04 Å². The highest BCUT2D eigenvalue weighted by atomic mass is 16.1. The fourth-order valence-electron chi connectivity index (χ4n) is 1.77. The summed E-state index contributed by atoms with van der Waals surface area (Å²) < 4.78 is 0. The molecule has 1 aromatic rings. The molecular formula is C13H22N4O. The molecule has 0 aromatic carbocycles. The average molecular weight is 250 g/mol. The van der Waals surface area contributed by atoms with Gasteiger partial charge in [-0.25, -0.2) is 9.97 Å². The topological polar surface area (TPSA) is 80.9 Å². The van der Waals surface area contributed by atoms with Crippen LogP contribution in [0.25, 0.3) is 0 Å². The summed E-state index contributed by atoms with van der Waals surface area (Å²) in [6, 6.07) is 1.42. The van der Waals surface area contributed by atoms with Gasteiger partial charge in [0.05, 0.1) is 0 Å². The summed E-state index contributed by atoms with van der Waals surface area (Å²) in [5, 5.41) is 3.09. The van der Waals surface area contributed by atoms with E-state index in [1.165, 1.54) is 0 Å². The Kier molecular flexibility index (Phi) is 5.07. The molecule has 1 rings (SSSR count). The van der Waals surface area contributed by atoms with Gasteiger partial charge in [-0.1, -0.05) is 20.8 Å². The van der Waals surface area contributed by atoms with E-state index in [4.69, 9.17) is 5.73 Å². The van der Waals surface area contributed by atoms with Gasteiger partial charge in [0, 0.05) is 18.2 Å². The normalized spacial score (nSPS) is 12.5. The van der Waals surface area contributed by atoms with Crippen molar-refractivity contribution in [2.24, 2.45) is 11.7 Å². The first-order valence-electron chi connectivity index (χ1n) is 6.34. The largest absolute Gasteiger partial charge is 0.368 e. The van der Waals surface area contributed by atoms with Crippen LogP contribution >= 0.6 is 0 Å². The lowest BCUT2D eigenvalue weighted by Crippen LogP contribution is -2.39. The first-order chi connectivity index (χ1) is 8.43. The molecule has 0 fully saturated rings. The van der Waals surface area contributed by atoms with Gasteiger partial charge in [-0.05, 0) is 19.3 Å². The van der Waals surface area contributed by atoms with E-state index in [2.05, 4.69) is 22.2 Å². The molecule has 1 amide bonds. The Hall–Kier alpha value is -1.65. The lowest BCUT2D eigenvalue weighted by atomic mass is 10.0. The van der Waals surface area contributed by atoms with Crippen molar-refractivity contribution >= 4 is 11.7 Å². The molecule has 5 heteroatoms. The number of carbonyl (C=O) groups is 1. The van der Waals surface area contributed by atoms with Gasteiger partial charge in [-0.15, -0.1) is 0 Å². The molecule has 1 atom stereocenters. The van der Waals surface area contributed by atoms with E-state index in [1.54, 1.807) is 0 Å². The van der Waals surface area contributed by atoms with E-state index >= 15 is 0 Å². The van der Waals surface area contributed by atoms with Crippen LogP contribution < -0.4 is 11.1 Å². The summed E-state index contributed by atoms with van der Waals surface area (Å²) in [6.07, 6.45) is 1.82. The second-order valence-corrected chi connectivity index (χ2v) is 4.83. The van der Waals surface area contributed by atoms with Crippen molar-refractivity contribution in [3.63, 3.8) is 0 Å². The average Bonchev–Trinajstić information content (AvgIpc) is 2.24. The molecular weight excluding hydrogens is 228 g/mol. The molecule has 0 aliphatic rings. The van der Waals surface area contributed by atoms with E-state index in [9.17, 15) is 4.79 Å². The second-order valence-electron chi connectivity index (χ2n) is 4.83. The van der Waals surface area contributed by atoms with Gasteiger partial charge in [0.1, 0.15) is 17.7 Å². The standard InChI is InChI=1S/C13H22N4O/c1-5-6-10-15-9(4)7-11(16-10)17-12(8(2)3)13(14)18/h7-8,12H,5-6H2,1-4H3,(H2,14,18)(H,15,16,17)/t12-/m0/s1. The summed E-state index contributed by atoms with van der Waals surface area (Å²) in [7, 11) is 0. The van der Waals surface area contributed by atoms with Crippen LogP contribution in [0.4, 0.5) is 5.82 Å². The summed E-state index contributed by atoms with van der Waals surface area (Å²) in [5.41, 5.74) is 6.27. The SMILES string of the molecule is CCCc1nc(C)cc(N[C@H](C(N)=O)C(C)C)n1. The van der Waals surface area contributed by atoms with Gasteiger partial charge in [0.2, 0.25) is 5.91 Å². The minimum Gasteiger partial charge on any atom is -0.368 e. The van der Waals surface area contributed by atoms with Gasteiger partial charge in [-0.2, -0.15) is 0 Å². The Bertz CT molecular complexity index is 417. The maximum Gasteiger partial charge on any atom is 0.240 e. The zero-order valence-corrected chi connectivity index (χ0v) is 11.5. The van der Waals surface area contributed by atoms with E-state index in [0.29, 0.717) is 5.82 Å². The van der Waals surface area contributed by atoms with Crippen LogP contribution in [0.15, 0.2) is 6.07 Å². The maximum absolute atomic E-state index is 11.4. The van der Waals surface area contributed by atoms with Crippen LogP contribution in [-0.2, 0) is 11.2 Å². The highest BCUT2D eigenvalue weighted by Gasteiger charge is 2.19. The number of amides is 1. The van der Waals surface area contributed by atoms with Crippen molar-refractivity contribution in [1.82, 2.24) is 9.97 Å². The number of nitrogens with zero attached hydrogens (tertiary/aromatic N) is 2. The summed E-state index contributed by atoms with van der Waals surface area (Å²) in [4.78, 5) is 20.1. The van der Waals surface area contributed by atoms with Gasteiger partial charge >= 0.3 is 0 Å². The predicted molar refractivity (Wildman–Crippen MR) is 72.2 cm³/mol. The molecule has 1 heterocycles. The third-order valence-electron chi connectivity index (χ3n) is 2.65. The van der Waals surface area contributed by atoms with Gasteiger partial charge in [0.15, 0.2) is 0 Å². The Labute approximate surface area is 108 Å². The first-order valence-corrected chi connectivity index (χ1v) is 6.34. The van der Waals surface area contributed by atoms with Crippen LogP contribution in [0.1, 0.15) is 38.7 Å². The van der Waals surface area contributed by atoms with Crippen molar-refractivity contribution < 1.29 is 4.79 Å². The van der Waals surface area contributed by atoms with Crippen LogP contribution in [0.3, 0.4) is 0 Å².